The summed E-state index contributed by atoms with van der Waals surface area (Å²) in [7, 11) is 1.80. The van der Waals surface area contributed by atoms with Crippen molar-refractivity contribution in [3.63, 3.8) is 0 Å². The smallest absolute Gasteiger partial charge is 0.488 e. The van der Waals surface area contributed by atoms with Gasteiger partial charge in [0.05, 0.1) is 23.2 Å². The molecule has 3 aliphatic rings. The van der Waals surface area contributed by atoms with Gasteiger partial charge in [-0.05, 0) is 228 Å². The van der Waals surface area contributed by atoms with Crippen molar-refractivity contribution in [1.82, 2.24) is 59.8 Å². The Labute approximate surface area is 747 Å². The van der Waals surface area contributed by atoms with Crippen molar-refractivity contribution < 1.29 is 61.8 Å². The molecule has 30 heteroatoms. The van der Waals surface area contributed by atoms with Crippen LogP contribution in [0.1, 0.15) is 92.2 Å². The van der Waals surface area contributed by atoms with E-state index in [0.29, 0.717) is 48.8 Å². The van der Waals surface area contributed by atoms with Crippen molar-refractivity contribution in [2.75, 3.05) is 50.2 Å². The van der Waals surface area contributed by atoms with Gasteiger partial charge in [-0.15, -0.1) is 0 Å². The number of carbonyl (C=O) groups is 2. The zero-order chi connectivity index (χ0) is 80.4. The Hall–Kier alpha value is -8.89. The average molecular weight is 1900 g/mol. The third-order valence-electron chi connectivity index (χ3n) is 18.7. The molecule has 1 aliphatic carbocycles. The molecule has 3 fully saturated rings. The van der Waals surface area contributed by atoms with Crippen LogP contribution >= 0.6 is 82.6 Å². The van der Waals surface area contributed by atoms with Gasteiger partial charge in [0.2, 0.25) is 0 Å². The number of nitrogens with zero attached hydrogens (tertiary/aromatic N) is 13. The van der Waals surface area contributed by atoms with Gasteiger partial charge in [0.15, 0.2) is 17.5 Å². The number of methoxy groups -OCH3 is 2. The SMILES string of the molecule is Brc1cnc(-c2ccncc2)nc1N1CCC(c2ccccc2)CC1.COc1cccc(-c2cnc(-c3ccncc3)nc2N2CCC(c3ccccc3)CC2)c1.COc1cccc(B(O)O)c1.Clc1nc(-c2ccncc2)ncc1Br.O=C(Cl)C(=O)Cl.O=c1[nH]c(-c2ccncc2)ncc1Br.[SH-].[Y].c1ccc(C2CCCCC2)cc1. The molecule has 2 saturated heterocycles. The zero-order valence-corrected chi connectivity index (χ0v) is 74.1. The van der Waals surface area contributed by atoms with Gasteiger partial charge >= 0.3 is 17.6 Å². The van der Waals surface area contributed by atoms with E-state index >= 15 is 0 Å². The summed E-state index contributed by atoms with van der Waals surface area (Å²) in [6, 6.07) is 62.4. The number of anilines is 2. The maximum Gasteiger partial charge on any atom is 0.488 e. The second-order valence-corrected chi connectivity index (χ2v) is 29.6. The number of carbonyl (C=O) groups excluding carboxylic acids is 2. The largest absolute Gasteiger partial charge is 0.813 e. The van der Waals surface area contributed by atoms with E-state index in [0.717, 1.165) is 125 Å². The topological polar surface area (TPSA) is 274 Å². The monoisotopic (exact) mass is 1900 g/mol. The molecule has 16 rings (SSSR count). The van der Waals surface area contributed by atoms with E-state index in [1.807, 2.05) is 67.0 Å². The van der Waals surface area contributed by atoms with Gasteiger partial charge in [0.25, 0.3) is 5.56 Å². The maximum absolute atomic E-state index is 11.3. The van der Waals surface area contributed by atoms with Gasteiger partial charge in [-0.1, -0.05) is 146 Å². The first-order valence-corrected chi connectivity index (χ1v) is 40.2. The van der Waals surface area contributed by atoms with E-state index in [2.05, 4.69) is 223 Å². The third kappa shape index (κ3) is 28.7. The Morgan fingerprint density at radius 3 is 1.27 bits per heavy atom. The van der Waals surface area contributed by atoms with Crippen molar-refractivity contribution in [3.8, 4) is 68.2 Å². The quantitative estimate of drug-likeness (QED) is 0.0228. The van der Waals surface area contributed by atoms with Gasteiger partial charge in [-0.25, -0.2) is 34.9 Å². The van der Waals surface area contributed by atoms with Crippen LogP contribution in [0.2, 0.25) is 5.15 Å². The molecule has 0 spiro atoms. The molecular formula is C86H82BBr3Cl3N14O7SY-. The van der Waals surface area contributed by atoms with Gasteiger partial charge in [0, 0.05) is 161 Å². The molecule has 0 atom stereocenters. The molecule has 21 nitrogen and oxygen atoms in total. The van der Waals surface area contributed by atoms with E-state index in [-0.39, 0.29) is 51.8 Å². The van der Waals surface area contributed by atoms with E-state index in [9.17, 15) is 14.4 Å². The first kappa shape index (κ1) is 92.6. The molecule has 1 saturated carbocycles. The van der Waals surface area contributed by atoms with E-state index in [1.165, 1.54) is 56.5 Å². The second kappa shape index (κ2) is 49.4. The molecule has 8 aromatic heterocycles. The van der Waals surface area contributed by atoms with Gasteiger partial charge in [0.1, 0.15) is 38.6 Å². The van der Waals surface area contributed by atoms with Crippen LogP contribution in [0.5, 0.6) is 11.5 Å². The molecule has 2 aliphatic heterocycles. The van der Waals surface area contributed by atoms with Crippen molar-refractivity contribution in [2.24, 2.45) is 0 Å². The number of nitrogens with one attached hydrogen (secondary N) is 1. The number of hydrogen-bond donors (Lipinski definition) is 3. The molecule has 5 aromatic carbocycles. The number of halogens is 6. The fraction of sp³-hybridized carbons (Fsp3) is 0.209. The molecule has 116 heavy (non-hydrogen) atoms. The summed E-state index contributed by atoms with van der Waals surface area (Å²) >= 11 is 24.8. The van der Waals surface area contributed by atoms with Crippen LogP contribution in [-0.2, 0) is 55.8 Å². The number of H-pyrrole nitrogens is 1. The summed E-state index contributed by atoms with van der Waals surface area (Å²) in [4.78, 5) is 84.8. The van der Waals surface area contributed by atoms with Gasteiger partial charge < -0.3 is 47.8 Å². The van der Waals surface area contributed by atoms with E-state index < -0.39 is 17.6 Å². The summed E-state index contributed by atoms with van der Waals surface area (Å²) < 4.78 is 12.4. The molecule has 593 valence electrons. The molecule has 0 amide bonds. The molecule has 0 unspecified atom stereocenters. The van der Waals surface area contributed by atoms with Crippen molar-refractivity contribution in [1.29, 1.82) is 0 Å². The number of hydrogen-bond acceptors (Lipinski definition) is 21. The Balaban J connectivity index is 0.000000178. The summed E-state index contributed by atoms with van der Waals surface area (Å²) in [5.41, 5.74) is 10.5. The number of pyridine rings is 4. The molecule has 13 aromatic rings. The van der Waals surface area contributed by atoms with Crippen LogP contribution in [0.25, 0.3) is 56.7 Å². The predicted octanol–water partition coefficient (Wildman–Crippen LogP) is 18.2. The second-order valence-electron chi connectivity index (χ2n) is 26.0. The minimum Gasteiger partial charge on any atom is -0.813 e. The normalized spacial score (nSPS) is 13.0. The number of piperidine rings is 2. The number of benzene rings is 5. The zero-order valence-electron chi connectivity index (χ0n) is 63.4. The first-order chi connectivity index (χ1) is 55.5. The molecule has 3 N–H and O–H groups in total. The number of aromatic amines is 1. The molecule has 10 heterocycles. The first-order valence-electron chi connectivity index (χ1n) is 36.6. The van der Waals surface area contributed by atoms with E-state index in [4.69, 9.17) is 46.1 Å². The fourth-order valence-corrected chi connectivity index (χ4v) is 13.7. The van der Waals surface area contributed by atoms with Crippen LogP contribution in [0.15, 0.2) is 281 Å². The average Bonchev–Trinajstić information content (AvgIpc) is 0.738. The molecule has 0 bridgehead atoms. The Kier molecular flexibility index (Phi) is 39.4. The number of rotatable bonds is 14. The minimum absolute atomic E-state index is 0. The molecular weight excluding hydrogens is 1820 g/mol. The van der Waals surface area contributed by atoms with Crippen molar-refractivity contribution in [3.05, 3.63) is 308 Å². The van der Waals surface area contributed by atoms with Gasteiger partial charge in [-0.3, -0.25) is 34.3 Å². The predicted molar refractivity (Wildman–Crippen MR) is 471 cm³/mol. The summed E-state index contributed by atoms with van der Waals surface area (Å²) in [6.07, 6.45) is 32.3. The van der Waals surface area contributed by atoms with Crippen molar-refractivity contribution >= 4 is 131 Å². The van der Waals surface area contributed by atoms with E-state index in [1.54, 1.807) is 105 Å². The van der Waals surface area contributed by atoms with Crippen LogP contribution in [0.4, 0.5) is 11.6 Å². The van der Waals surface area contributed by atoms with Crippen LogP contribution in [0, 0.1) is 0 Å². The number of ether oxygens (including phenoxy) is 2. The Morgan fingerprint density at radius 1 is 0.448 bits per heavy atom. The molecule has 1 radical (unpaired) electrons. The number of aromatic nitrogens is 12. The summed E-state index contributed by atoms with van der Waals surface area (Å²) in [5, 5.41) is 15.6. The van der Waals surface area contributed by atoms with Crippen LogP contribution in [0.3, 0.4) is 0 Å². The van der Waals surface area contributed by atoms with Crippen molar-refractivity contribution in [2.45, 2.75) is 75.5 Å². The summed E-state index contributed by atoms with van der Waals surface area (Å²) in [6.45, 7) is 3.93. The van der Waals surface area contributed by atoms with Crippen LogP contribution in [-0.4, -0.2) is 128 Å². The van der Waals surface area contributed by atoms with Crippen LogP contribution < -0.4 is 30.3 Å². The minimum atomic E-state index is -1.43. The maximum atomic E-state index is 11.3. The standard InChI is InChI=1S/C27H26N4O.C20H19BrN4.C12H16.C9H5BrClN3.C9H6BrN3O.C7H9BO3.C2Cl2O2.H2S.Y/c1-32-24-9-5-8-23(18-24)25-19-29-26(22-10-14-28-15-11-22)30-27(25)31-16-12-21(13-17-31)20-6-3-2-4-7-20;21-18-14-23-19(17-6-10-22-11-7-17)24-20(18)25-12-8-16(9-13-25)15-4-2-1-3-5-15;1-3-7-11(8-4-1)12-9-5-2-6-10-12;10-7-5-13-9(14-8(7)11)6-1-3-12-4-2-6;10-7-5-12-8(13-9(7)14)6-1-3-11-4-2-6;1-11-7-4-2-3-6(5-7)8(9)10;3-1(5)2(4)6;;/h2-11,14-15,18-19,21H,12-13,16-17H2,1H3;1-7,10-11,14,16H,8-9,12-13H2;1,3-4,7-8,12H,2,5-6,9-10H2;1-5H;1-5H,(H,12,13,14);2-5,9-10H,1H3;;1H2;/p-1. The Bertz CT molecular complexity index is 5180. The summed E-state index contributed by atoms with van der Waals surface area (Å²) in [5.74, 6) is 8.10. The number of thiol groups is 1. The Morgan fingerprint density at radius 2 is 0.836 bits per heavy atom. The van der Waals surface area contributed by atoms with Gasteiger partial charge in [-0.2, -0.15) is 0 Å². The fourth-order valence-electron chi connectivity index (χ4n) is 12.8. The third-order valence-corrected chi connectivity index (χ3v) is 21.3.